The summed E-state index contributed by atoms with van der Waals surface area (Å²) in [6, 6.07) is 13.0. The first kappa shape index (κ1) is 19.1. The number of nitro groups is 1. The molecular formula is C20H20N4O4. The second kappa shape index (κ2) is 7.51. The van der Waals surface area contributed by atoms with Gasteiger partial charge in [-0.25, -0.2) is 0 Å². The average molecular weight is 380 g/mol. The van der Waals surface area contributed by atoms with E-state index in [-0.39, 0.29) is 23.5 Å². The van der Waals surface area contributed by atoms with Gasteiger partial charge in [0.2, 0.25) is 0 Å². The van der Waals surface area contributed by atoms with Crippen LogP contribution in [0, 0.1) is 10.1 Å². The molecule has 0 bridgehead atoms. The van der Waals surface area contributed by atoms with E-state index in [4.69, 9.17) is 0 Å². The Labute approximate surface area is 162 Å². The lowest BCUT2D eigenvalue weighted by Gasteiger charge is -2.14. The summed E-state index contributed by atoms with van der Waals surface area (Å²) < 4.78 is 0. The molecule has 3 rings (SSSR count). The molecule has 28 heavy (non-hydrogen) atoms. The highest BCUT2D eigenvalue weighted by Gasteiger charge is 2.38. The molecule has 0 fully saturated rings. The van der Waals surface area contributed by atoms with Crippen molar-refractivity contribution in [3.05, 3.63) is 69.9 Å². The molecule has 1 N–H and O–H groups in total. The van der Waals surface area contributed by atoms with Gasteiger partial charge in [-0.15, -0.1) is 0 Å². The van der Waals surface area contributed by atoms with Crippen LogP contribution in [0.5, 0.6) is 0 Å². The predicted molar refractivity (Wildman–Crippen MR) is 107 cm³/mol. The standard InChI is InChI=1S/C20H20N4O4/c1-4-23-19(25)17(13-5-9-16(10-6-13)24(27)28)18(20(23)26)21-14-7-11-15(12-8-14)22(2)3/h5-12,21H,4H2,1-3H3. The Balaban J connectivity index is 2.02. The van der Waals surface area contributed by atoms with Crippen molar-refractivity contribution in [1.29, 1.82) is 0 Å². The van der Waals surface area contributed by atoms with Gasteiger partial charge in [0.1, 0.15) is 5.70 Å². The fourth-order valence-corrected chi connectivity index (χ4v) is 2.98. The topological polar surface area (TPSA) is 95.8 Å². The average Bonchev–Trinajstić information content (AvgIpc) is 2.91. The largest absolute Gasteiger partial charge is 0.378 e. The Hall–Kier alpha value is -3.68. The van der Waals surface area contributed by atoms with Crippen LogP contribution in [0.3, 0.4) is 0 Å². The number of amides is 2. The Kier molecular flexibility index (Phi) is 5.12. The zero-order valence-corrected chi connectivity index (χ0v) is 15.8. The van der Waals surface area contributed by atoms with Gasteiger partial charge >= 0.3 is 0 Å². The number of nitrogens with zero attached hydrogens (tertiary/aromatic N) is 3. The van der Waals surface area contributed by atoms with E-state index in [2.05, 4.69) is 5.32 Å². The molecule has 0 aliphatic carbocycles. The molecule has 0 saturated carbocycles. The number of non-ortho nitro benzene ring substituents is 1. The quantitative estimate of drug-likeness (QED) is 0.470. The Morgan fingerprint density at radius 1 is 1.00 bits per heavy atom. The van der Waals surface area contributed by atoms with Crippen molar-refractivity contribution in [3.8, 4) is 0 Å². The minimum absolute atomic E-state index is 0.0812. The number of anilines is 2. The summed E-state index contributed by atoms with van der Waals surface area (Å²) >= 11 is 0. The fraction of sp³-hybridized carbons (Fsp3) is 0.200. The molecule has 0 unspecified atom stereocenters. The molecule has 1 heterocycles. The molecule has 2 aromatic carbocycles. The van der Waals surface area contributed by atoms with Gasteiger partial charge in [-0.2, -0.15) is 0 Å². The summed E-state index contributed by atoms with van der Waals surface area (Å²) in [5, 5.41) is 13.9. The van der Waals surface area contributed by atoms with Crippen molar-refractivity contribution in [3.63, 3.8) is 0 Å². The number of hydrogen-bond acceptors (Lipinski definition) is 6. The molecule has 1 aliphatic heterocycles. The molecule has 144 valence electrons. The summed E-state index contributed by atoms with van der Waals surface area (Å²) in [6.45, 7) is 1.96. The van der Waals surface area contributed by atoms with Crippen molar-refractivity contribution in [1.82, 2.24) is 4.90 Å². The molecule has 8 heteroatoms. The van der Waals surface area contributed by atoms with Gasteiger partial charge in [0.05, 0.1) is 10.5 Å². The van der Waals surface area contributed by atoms with E-state index in [1.165, 1.54) is 24.3 Å². The molecule has 0 atom stereocenters. The smallest absolute Gasteiger partial charge is 0.278 e. The SMILES string of the molecule is CCN1C(=O)C(Nc2ccc(N(C)C)cc2)=C(c2ccc([N+](=O)[O-])cc2)C1=O. The van der Waals surface area contributed by atoms with Crippen LogP contribution in [0.15, 0.2) is 54.2 Å². The molecule has 0 spiro atoms. The van der Waals surface area contributed by atoms with E-state index >= 15 is 0 Å². The van der Waals surface area contributed by atoms with Gasteiger partial charge in [-0.05, 0) is 48.9 Å². The minimum Gasteiger partial charge on any atom is -0.378 e. The van der Waals surface area contributed by atoms with Crippen LogP contribution >= 0.6 is 0 Å². The monoisotopic (exact) mass is 380 g/mol. The Bertz CT molecular complexity index is 963. The maximum Gasteiger partial charge on any atom is 0.278 e. The zero-order chi connectivity index (χ0) is 20.4. The van der Waals surface area contributed by atoms with Gasteiger partial charge in [-0.3, -0.25) is 24.6 Å². The number of imide groups is 1. The van der Waals surface area contributed by atoms with Crippen molar-refractivity contribution >= 4 is 34.4 Å². The summed E-state index contributed by atoms with van der Waals surface area (Å²) in [7, 11) is 3.85. The van der Waals surface area contributed by atoms with Crippen LogP contribution in [0.1, 0.15) is 12.5 Å². The Morgan fingerprint density at radius 3 is 2.11 bits per heavy atom. The molecule has 0 radical (unpaired) electrons. The maximum absolute atomic E-state index is 12.8. The van der Waals surface area contributed by atoms with E-state index in [0.29, 0.717) is 11.3 Å². The van der Waals surface area contributed by atoms with Crippen molar-refractivity contribution < 1.29 is 14.5 Å². The van der Waals surface area contributed by atoms with Crippen LogP contribution in [0.2, 0.25) is 0 Å². The van der Waals surface area contributed by atoms with E-state index in [0.717, 1.165) is 10.6 Å². The summed E-state index contributed by atoms with van der Waals surface area (Å²) in [5.41, 5.74) is 2.41. The number of likely N-dealkylation sites (N-methyl/N-ethyl adjacent to an activating group) is 1. The summed E-state index contributed by atoms with van der Waals surface area (Å²) in [5.74, 6) is -0.841. The second-order valence-corrected chi connectivity index (χ2v) is 6.47. The van der Waals surface area contributed by atoms with Gasteiger partial charge < -0.3 is 10.2 Å². The van der Waals surface area contributed by atoms with E-state index in [1.54, 1.807) is 6.92 Å². The molecule has 0 saturated heterocycles. The molecule has 2 aromatic rings. The number of rotatable bonds is 6. The predicted octanol–water partition coefficient (Wildman–Crippen LogP) is 2.87. The lowest BCUT2D eigenvalue weighted by atomic mass is 10.0. The normalized spacial score (nSPS) is 13.9. The van der Waals surface area contributed by atoms with Crippen molar-refractivity contribution in [2.24, 2.45) is 0 Å². The van der Waals surface area contributed by atoms with E-state index in [1.807, 2.05) is 43.3 Å². The minimum atomic E-state index is -0.510. The highest BCUT2D eigenvalue weighted by atomic mass is 16.6. The maximum atomic E-state index is 12.8. The van der Waals surface area contributed by atoms with Gasteiger partial charge in [0.25, 0.3) is 17.5 Å². The van der Waals surface area contributed by atoms with Crippen LogP contribution in [0.4, 0.5) is 17.1 Å². The number of carbonyl (C=O) groups excluding carboxylic acids is 2. The molecular weight excluding hydrogens is 360 g/mol. The summed E-state index contributed by atoms with van der Waals surface area (Å²) in [4.78, 5) is 39.0. The number of hydrogen-bond donors (Lipinski definition) is 1. The summed E-state index contributed by atoms with van der Waals surface area (Å²) in [6.07, 6.45) is 0. The van der Waals surface area contributed by atoms with Gasteiger partial charge in [-0.1, -0.05) is 0 Å². The second-order valence-electron chi connectivity index (χ2n) is 6.47. The lowest BCUT2D eigenvalue weighted by molar-refractivity contribution is -0.384. The highest BCUT2D eigenvalue weighted by molar-refractivity contribution is 6.36. The third kappa shape index (κ3) is 3.44. The van der Waals surface area contributed by atoms with Gasteiger partial charge in [0.15, 0.2) is 0 Å². The first-order valence-electron chi connectivity index (χ1n) is 8.73. The van der Waals surface area contributed by atoms with Gasteiger partial charge in [0, 0.05) is 44.1 Å². The third-order valence-corrected chi connectivity index (χ3v) is 4.50. The Morgan fingerprint density at radius 2 is 1.61 bits per heavy atom. The zero-order valence-electron chi connectivity index (χ0n) is 15.8. The number of benzene rings is 2. The van der Waals surface area contributed by atoms with Crippen molar-refractivity contribution in [2.75, 3.05) is 30.9 Å². The number of nitrogens with one attached hydrogen (secondary N) is 1. The molecule has 1 aliphatic rings. The number of nitro benzene ring substituents is 1. The van der Waals surface area contributed by atoms with Crippen LogP contribution in [-0.2, 0) is 9.59 Å². The molecule has 2 amide bonds. The van der Waals surface area contributed by atoms with E-state index < -0.39 is 16.7 Å². The lowest BCUT2D eigenvalue weighted by Crippen LogP contribution is -2.32. The fourth-order valence-electron chi connectivity index (χ4n) is 2.98. The van der Waals surface area contributed by atoms with Crippen LogP contribution < -0.4 is 10.2 Å². The number of carbonyl (C=O) groups is 2. The highest BCUT2D eigenvalue weighted by Crippen LogP contribution is 2.31. The third-order valence-electron chi connectivity index (χ3n) is 4.50. The first-order chi connectivity index (χ1) is 13.3. The van der Waals surface area contributed by atoms with E-state index in [9.17, 15) is 19.7 Å². The van der Waals surface area contributed by atoms with Crippen molar-refractivity contribution in [2.45, 2.75) is 6.92 Å². The first-order valence-corrected chi connectivity index (χ1v) is 8.73. The molecule has 0 aromatic heterocycles. The molecule has 8 nitrogen and oxygen atoms in total. The van der Waals surface area contributed by atoms with Crippen LogP contribution in [0.25, 0.3) is 5.57 Å². The van der Waals surface area contributed by atoms with Crippen LogP contribution in [-0.4, -0.2) is 42.3 Å².